The molecular formula is C10H7ClN2O4S. The third kappa shape index (κ3) is 1.98. The molecule has 0 aliphatic rings. The van der Waals surface area contributed by atoms with E-state index in [1.807, 2.05) is 0 Å². The maximum absolute atomic E-state index is 12.2. The number of hydrogen-bond acceptors (Lipinski definition) is 4. The highest BCUT2D eigenvalue weighted by Crippen LogP contribution is 2.28. The number of aromatic carboxylic acids is 1. The van der Waals surface area contributed by atoms with Gasteiger partial charge in [0.05, 0.1) is 4.90 Å². The van der Waals surface area contributed by atoms with Crippen LogP contribution in [0.15, 0.2) is 40.1 Å². The Hall–Kier alpha value is -1.86. The van der Waals surface area contributed by atoms with E-state index in [2.05, 4.69) is 10.2 Å². The summed E-state index contributed by atoms with van der Waals surface area (Å²) in [6.45, 7) is 0. The molecule has 1 aromatic heterocycles. The van der Waals surface area contributed by atoms with Gasteiger partial charge in [-0.2, -0.15) is 5.10 Å². The first-order chi connectivity index (χ1) is 8.44. The van der Waals surface area contributed by atoms with E-state index >= 15 is 0 Å². The van der Waals surface area contributed by atoms with Crippen molar-refractivity contribution in [2.45, 2.75) is 9.79 Å². The van der Waals surface area contributed by atoms with Gasteiger partial charge in [0.25, 0.3) is 0 Å². The molecule has 0 amide bonds. The Morgan fingerprint density at radius 2 is 1.89 bits per heavy atom. The van der Waals surface area contributed by atoms with Crippen LogP contribution in [0.2, 0.25) is 5.15 Å². The first kappa shape index (κ1) is 12.6. The van der Waals surface area contributed by atoms with Crippen molar-refractivity contribution < 1.29 is 18.3 Å². The van der Waals surface area contributed by atoms with Gasteiger partial charge in [0.15, 0.2) is 5.69 Å². The highest BCUT2D eigenvalue weighted by Gasteiger charge is 2.30. The molecule has 0 saturated carbocycles. The Kier molecular flexibility index (Phi) is 3.10. The van der Waals surface area contributed by atoms with Gasteiger partial charge in [-0.3, -0.25) is 5.10 Å². The van der Waals surface area contributed by atoms with E-state index in [1.54, 1.807) is 6.07 Å². The Morgan fingerprint density at radius 3 is 2.44 bits per heavy atom. The quantitative estimate of drug-likeness (QED) is 0.892. The molecule has 1 heterocycles. The lowest BCUT2D eigenvalue weighted by Crippen LogP contribution is -2.08. The molecular weight excluding hydrogens is 280 g/mol. The summed E-state index contributed by atoms with van der Waals surface area (Å²) >= 11 is 5.66. The van der Waals surface area contributed by atoms with Crippen molar-refractivity contribution in [3.8, 4) is 0 Å². The summed E-state index contributed by atoms with van der Waals surface area (Å²) in [4.78, 5) is 10.3. The number of sulfone groups is 1. The van der Waals surface area contributed by atoms with E-state index in [9.17, 15) is 13.2 Å². The maximum Gasteiger partial charge on any atom is 0.357 e. The highest BCUT2D eigenvalue weighted by atomic mass is 35.5. The fourth-order valence-corrected chi connectivity index (χ4v) is 3.27. The predicted molar refractivity (Wildman–Crippen MR) is 62.5 cm³/mol. The van der Waals surface area contributed by atoms with Crippen molar-refractivity contribution in [1.82, 2.24) is 10.2 Å². The molecule has 0 aliphatic heterocycles. The summed E-state index contributed by atoms with van der Waals surface area (Å²) in [6.07, 6.45) is 0. The van der Waals surface area contributed by atoms with E-state index in [1.165, 1.54) is 24.3 Å². The number of halogens is 1. The van der Waals surface area contributed by atoms with E-state index in [0.29, 0.717) is 0 Å². The summed E-state index contributed by atoms with van der Waals surface area (Å²) < 4.78 is 24.5. The number of carbonyl (C=O) groups is 1. The van der Waals surface area contributed by atoms with Gasteiger partial charge in [0, 0.05) is 0 Å². The van der Waals surface area contributed by atoms with Crippen molar-refractivity contribution in [3.05, 3.63) is 41.2 Å². The number of nitrogens with zero attached hydrogens (tertiary/aromatic N) is 1. The van der Waals surface area contributed by atoms with Crippen LogP contribution in [0.4, 0.5) is 0 Å². The maximum atomic E-state index is 12.2. The zero-order valence-electron chi connectivity index (χ0n) is 8.79. The number of H-pyrrole nitrogens is 1. The second kappa shape index (κ2) is 4.43. The molecule has 0 atom stereocenters. The van der Waals surface area contributed by atoms with Crippen LogP contribution in [0.3, 0.4) is 0 Å². The first-order valence-corrected chi connectivity index (χ1v) is 6.58. The minimum Gasteiger partial charge on any atom is -0.476 e. The van der Waals surface area contributed by atoms with Crippen molar-refractivity contribution in [2.75, 3.05) is 0 Å². The van der Waals surface area contributed by atoms with E-state index < -0.39 is 26.4 Å². The molecule has 0 unspecified atom stereocenters. The van der Waals surface area contributed by atoms with Gasteiger partial charge in [-0.1, -0.05) is 29.8 Å². The zero-order chi connectivity index (χ0) is 13.3. The fourth-order valence-electron chi connectivity index (χ4n) is 1.42. The third-order valence-electron chi connectivity index (χ3n) is 2.21. The van der Waals surface area contributed by atoms with Crippen LogP contribution < -0.4 is 0 Å². The summed E-state index contributed by atoms with van der Waals surface area (Å²) in [5.74, 6) is -1.47. The number of carboxylic acids is 1. The number of rotatable bonds is 3. The summed E-state index contributed by atoms with van der Waals surface area (Å²) in [7, 11) is -4.01. The second-order valence-electron chi connectivity index (χ2n) is 3.34. The lowest BCUT2D eigenvalue weighted by molar-refractivity contribution is 0.0686. The van der Waals surface area contributed by atoms with Gasteiger partial charge >= 0.3 is 5.97 Å². The minimum absolute atomic E-state index is 0.0456. The summed E-state index contributed by atoms with van der Waals surface area (Å²) in [5.41, 5.74) is -0.621. The lowest BCUT2D eigenvalue weighted by Gasteiger charge is -2.03. The Labute approximate surface area is 107 Å². The SMILES string of the molecule is O=C(O)c1n[nH]c(Cl)c1S(=O)(=O)c1ccccc1. The molecule has 0 fully saturated rings. The van der Waals surface area contributed by atoms with Gasteiger partial charge in [-0.25, -0.2) is 13.2 Å². The molecule has 6 nitrogen and oxygen atoms in total. The van der Waals surface area contributed by atoms with Gasteiger partial charge < -0.3 is 5.11 Å². The molecule has 2 aromatic rings. The monoisotopic (exact) mass is 286 g/mol. The minimum atomic E-state index is -4.01. The molecule has 0 bridgehead atoms. The van der Waals surface area contributed by atoms with E-state index in [4.69, 9.17) is 16.7 Å². The van der Waals surface area contributed by atoms with Crippen LogP contribution in [0.25, 0.3) is 0 Å². The van der Waals surface area contributed by atoms with E-state index in [0.717, 1.165) is 0 Å². The van der Waals surface area contributed by atoms with Crippen LogP contribution in [-0.2, 0) is 9.84 Å². The third-order valence-corrected chi connectivity index (χ3v) is 4.42. The molecule has 2 N–H and O–H groups in total. The Bertz CT molecular complexity index is 694. The van der Waals surface area contributed by atoms with Gasteiger partial charge in [0.2, 0.25) is 9.84 Å². The fraction of sp³-hybridized carbons (Fsp3) is 0. The van der Waals surface area contributed by atoms with Gasteiger partial charge in [-0.15, -0.1) is 0 Å². The van der Waals surface area contributed by atoms with Crippen LogP contribution in [0, 0.1) is 0 Å². The van der Waals surface area contributed by atoms with Gasteiger partial charge in [-0.05, 0) is 12.1 Å². The molecule has 0 radical (unpaired) electrons. The summed E-state index contributed by atoms with van der Waals surface area (Å²) in [5, 5.41) is 14.1. The first-order valence-electron chi connectivity index (χ1n) is 4.72. The van der Waals surface area contributed by atoms with Crippen LogP contribution in [0.5, 0.6) is 0 Å². The van der Waals surface area contributed by atoms with Crippen molar-refractivity contribution in [3.63, 3.8) is 0 Å². The predicted octanol–water partition coefficient (Wildman–Crippen LogP) is 1.59. The number of benzene rings is 1. The van der Waals surface area contributed by atoms with Crippen molar-refractivity contribution in [1.29, 1.82) is 0 Å². The second-order valence-corrected chi connectivity index (χ2v) is 5.60. The number of hydrogen-bond donors (Lipinski definition) is 2. The molecule has 8 heteroatoms. The molecule has 1 aromatic carbocycles. The standard InChI is InChI=1S/C10H7ClN2O4S/c11-9-8(7(10(14)15)12-13-9)18(16,17)6-4-2-1-3-5-6/h1-5H,(H,12,13)(H,14,15). The number of aromatic amines is 1. The average Bonchev–Trinajstić information content (AvgIpc) is 2.73. The number of aromatic nitrogens is 2. The Morgan fingerprint density at radius 1 is 1.28 bits per heavy atom. The topological polar surface area (TPSA) is 100 Å². The van der Waals surface area contributed by atoms with Crippen molar-refractivity contribution in [2.24, 2.45) is 0 Å². The molecule has 2 rings (SSSR count). The van der Waals surface area contributed by atoms with Crippen LogP contribution in [0.1, 0.15) is 10.5 Å². The van der Waals surface area contributed by atoms with Gasteiger partial charge in [0.1, 0.15) is 10.0 Å². The molecule has 0 spiro atoms. The number of nitrogens with one attached hydrogen (secondary N) is 1. The van der Waals surface area contributed by atoms with E-state index in [-0.39, 0.29) is 10.0 Å². The van der Waals surface area contributed by atoms with Crippen LogP contribution >= 0.6 is 11.6 Å². The normalized spacial score (nSPS) is 11.4. The number of carboxylic acid groups (broad SMARTS) is 1. The van der Waals surface area contributed by atoms with Crippen LogP contribution in [-0.4, -0.2) is 29.7 Å². The average molecular weight is 287 g/mol. The summed E-state index contributed by atoms with van der Waals surface area (Å²) in [6, 6.07) is 7.41. The smallest absolute Gasteiger partial charge is 0.357 e. The highest BCUT2D eigenvalue weighted by molar-refractivity contribution is 7.91. The molecule has 0 aliphatic carbocycles. The Balaban J connectivity index is 2.69. The largest absolute Gasteiger partial charge is 0.476 e. The molecule has 94 valence electrons. The van der Waals surface area contributed by atoms with Crippen molar-refractivity contribution >= 4 is 27.4 Å². The zero-order valence-corrected chi connectivity index (χ0v) is 10.4. The molecule has 18 heavy (non-hydrogen) atoms. The lowest BCUT2D eigenvalue weighted by atomic mass is 10.4. The molecule has 0 saturated heterocycles.